The normalized spacial score (nSPS) is 24.2. The number of rotatable bonds is 6. The highest BCUT2D eigenvalue weighted by atomic mass is 19.1. The molecule has 3 aliphatic heterocycles. The van der Waals surface area contributed by atoms with E-state index in [-0.39, 0.29) is 23.4 Å². The summed E-state index contributed by atoms with van der Waals surface area (Å²) in [6, 6.07) is 11.9. The number of carbonyl (C=O) groups is 2. The van der Waals surface area contributed by atoms with E-state index < -0.39 is 23.7 Å². The molecule has 10 heteroatoms. The Bertz CT molecular complexity index is 1410. The molecule has 0 aliphatic carbocycles. The second-order valence-electron chi connectivity index (χ2n) is 11.5. The van der Waals surface area contributed by atoms with Gasteiger partial charge in [-0.05, 0) is 62.4 Å². The first-order chi connectivity index (χ1) is 20.4. The highest BCUT2D eigenvalue weighted by Crippen LogP contribution is 2.45. The number of ether oxygens (including phenoxy) is 2. The topological polar surface area (TPSA) is 106 Å². The third-order valence-electron chi connectivity index (χ3n) is 8.66. The van der Waals surface area contributed by atoms with Crippen LogP contribution in [0.15, 0.2) is 54.9 Å². The van der Waals surface area contributed by atoms with Gasteiger partial charge in [-0.1, -0.05) is 24.3 Å². The van der Waals surface area contributed by atoms with E-state index in [1.54, 1.807) is 43.3 Å². The van der Waals surface area contributed by atoms with Crippen LogP contribution in [0.3, 0.4) is 0 Å². The van der Waals surface area contributed by atoms with Gasteiger partial charge in [0.1, 0.15) is 11.6 Å². The highest BCUT2D eigenvalue weighted by Gasteiger charge is 2.51. The Hall–Kier alpha value is -3.89. The van der Waals surface area contributed by atoms with Crippen molar-refractivity contribution in [2.24, 2.45) is 11.8 Å². The Kier molecular flexibility index (Phi) is 8.17. The number of likely N-dealkylation sites (tertiary alicyclic amines) is 1. The van der Waals surface area contributed by atoms with Gasteiger partial charge in [-0.3, -0.25) is 9.59 Å². The minimum absolute atomic E-state index is 0.0268. The first-order valence-corrected chi connectivity index (χ1v) is 14.6. The molecule has 4 heterocycles. The molecule has 220 valence electrons. The zero-order valence-corrected chi connectivity index (χ0v) is 23.9. The van der Waals surface area contributed by atoms with Crippen molar-refractivity contribution in [1.82, 2.24) is 14.9 Å². The van der Waals surface area contributed by atoms with Crippen molar-refractivity contribution in [3.8, 4) is 0 Å². The molecule has 0 saturated carbocycles. The number of halogens is 1. The number of hydrogen-bond acceptors (Lipinski definition) is 7. The van der Waals surface area contributed by atoms with E-state index in [2.05, 4.69) is 20.6 Å². The van der Waals surface area contributed by atoms with Gasteiger partial charge in [0.2, 0.25) is 5.91 Å². The van der Waals surface area contributed by atoms with Crippen LogP contribution in [0.4, 0.5) is 15.8 Å². The fourth-order valence-electron chi connectivity index (χ4n) is 6.47. The molecule has 4 unspecified atom stereocenters. The third-order valence-corrected chi connectivity index (χ3v) is 8.66. The maximum atomic E-state index is 15.2. The second kappa shape index (κ2) is 12.1. The van der Waals surface area contributed by atoms with Crippen LogP contribution in [0.25, 0.3) is 0 Å². The molecule has 2 aromatic carbocycles. The fourth-order valence-corrected chi connectivity index (χ4v) is 6.47. The predicted octanol–water partition coefficient (Wildman–Crippen LogP) is 4.68. The average molecular weight is 574 g/mol. The number of anilines is 2. The van der Waals surface area contributed by atoms with Crippen LogP contribution >= 0.6 is 0 Å². The summed E-state index contributed by atoms with van der Waals surface area (Å²) < 4.78 is 26.5. The second-order valence-corrected chi connectivity index (χ2v) is 11.5. The van der Waals surface area contributed by atoms with Crippen LogP contribution in [-0.2, 0) is 14.3 Å². The molecule has 2 amide bonds. The van der Waals surface area contributed by atoms with Gasteiger partial charge in [-0.15, -0.1) is 0 Å². The van der Waals surface area contributed by atoms with Crippen LogP contribution < -0.4 is 10.6 Å². The molecule has 0 radical (unpaired) electrons. The van der Waals surface area contributed by atoms with E-state index in [1.165, 1.54) is 6.07 Å². The lowest BCUT2D eigenvalue weighted by Gasteiger charge is -2.47. The fraction of sp³-hybridized carbons (Fsp3) is 0.438. The first kappa shape index (κ1) is 28.2. The van der Waals surface area contributed by atoms with Gasteiger partial charge in [0.05, 0.1) is 54.9 Å². The summed E-state index contributed by atoms with van der Waals surface area (Å²) in [6.45, 7) is 5.75. The highest BCUT2D eigenvalue weighted by molar-refractivity contribution is 5.98. The summed E-state index contributed by atoms with van der Waals surface area (Å²) in [5.41, 5.74) is 2.82. The summed E-state index contributed by atoms with van der Waals surface area (Å²) in [5, 5.41) is 6.54. The minimum atomic E-state index is -0.636. The standard InChI is InChI=1S/C32H36FN5O4/c1-19-4-3-5-27(33)29(19)32(40)38-28-18-42-17-22(28)14-26(31(39)37-25-15-34-20(2)35-16-25)30(38)21-6-8-23(9-7-21)36-24-10-12-41-13-11-24/h3-9,15-16,22,24,26,28,30,36H,10-14,17-18H2,1-2H3,(H,37,39). The molecule has 1 aromatic heterocycles. The van der Waals surface area contributed by atoms with Gasteiger partial charge in [0, 0.05) is 30.9 Å². The zero-order valence-electron chi connectivity index (χ0n) is 23.9. The number of hydrogen-bond donors (Lipinski definition) is 2. The molecular formula is C32H36FN5O4. The number of nitrogens with zero attached hydrogens (tertiary/aromatic N) is 3. The summed E-state index contributed by atoms with van der Waals surface area (Å²) in [7, 11) is 0. The van der Waals surface area contributed by atoms with E-state index in [0.717, 1.165) is 37.3 Å². The predicted molar refractivity (Wildman–Crippen MR) is 156 cm³/mol. The number of carbonyl (C=O) groups excluding carboxylic acids is 2. The largest absolute Gasteiger partial charge is 0.382 e. The maximum Gasteiger partial charge on any atom is 0.257 e. The Morgan fingerprint density at radius 1 is 0.952 bits per heavy atom. The van der Waals surface area contributed by atoms with Gasteiger partial charge in [-0.2, -0.15) is 0 Å². The van der Waals surface area contributed by atoms with Crippen molar-refractivity contribution in [3.63, 3.8) is 0 Å². The van der Waals surface area contributed by atoms with E-state index in [0.29, 0.717) is 42.8 Å². The number of fused-ring (bicyclic) bond motifs is 1. The quantitative estimate of drug-likeness (QED) is 0.441. The Balaban J connectivity index is 1.38. The molecular weight excluding hydrogens is 537 g/mol. The van der Waals surface area contributed by atoms with Crippen molar-refractivity contribution < 1.29 is 23.5 Å². The molecule has 42 heavy (non-hydrogen) atoms. The maximum absolute atomic E-state index is 15.2. The lowest BCUT2D eigenvalue weighted by atomic mass is 9.76. The smallest absolute Gasteiger partial charge is 0.257 e. The number of aryl methyl sites for hydroxylation is 2. The lowest BCUT2D eigenvalue weighted by molar-refractivity contribution is -0.124. The number of nitrogens with one attached hydrogen (secondary N) is 2. The van der Waals surface area contributed by atoms with Crippen LogP contribution in [-0.4, -0.2) is 65.2 Å². The van der Waals surface area contributed by atoms with Gasteiger partial charge >= 0.3 is 0 Å². The molecule has 3 fully saturated rings. The number of piperidine rings is 1. The van der Waals surface area contributed by atoms with Crippen molar-refractivity contribution in [2.75, 3.05) is 37.1 Å². The van der Waals surface area contributed by atoms with Crippen molar-refractivity contribution in [1.29, 1.82) is 0 Å². The van der Waals surface area contributed by atoms with E-state index in [9.17, 15) is 9.59 Å². The molecule has 3 saturated heterocycles. The van der Waals surface area contributed by atoms with Gasteiger partial charge < -0.3 is 25.0 Å². The van der Waals surface area contributed by atoms with Crippen molar-refractivity contribution in [3.05, 3.63) is 83.2 Å². The Morgan fingerprint density at radius 3 is 2.40 bits per heavy atom. The molecule has 3 aliphatic rings. The Morgan fingerprint density at radius 2 is 1.69 bits per heavy atom. The molecule has 0 spiro atoms. The molecule has 0 bridgehead atoms. The van der Waals surface area contributed by atoms with Gasteiger partial charge in [0.15, 0.2) is 0 Å². The molecule has 9 nitrogen and oxygen atoms in total. The van der Waals surface area contributed by atoms with Crippen molar-refractivity contribution >= 4 is 23.2 Å². The van der Waals surface area contributed by atoms with E-state index in [4.69, 9.17) is 9.47 Å². The van der Waals surface area contributed by atoms with Crippen LogP contribution in [0, 0.1) is 31.5 Å². The molecule has 4 atom stereocenters. The SMILES string of the molecule is Cc1ncc(NC(=O)C2CC3COCC3N(C(=O)c3c(C)cccc3F)C2c2ccc(NC3CCOCC3)cc2)cn1. The summed E-state index contributed by atoms with van der Waals surface area (Å²) in [4.78, 5) is 38.4. The molecule has 3 aromatic rings. The van der Waals surface area contributed by atoms with Crippen molar-refractivity contribution in [2.45, 2.75) is 51.2 Å². The summed E-state index contributed by atoms with van der Waals surface area (Å²) in [6.07, 6.45) is 5.53. The average Bonchev–Trinajstić information content (AvgIpc) is 3.47. The van der Waals surface area contributed by atoms with E-state index in [1.807, 2.05) is 24.3 Å². The monoisotopic (exact) mass is 573 g/mol. The summed E-state index contributed by atoms with van der Waals surface area (Å²) in [5.74, 6) is -1.33. The third kappa shape index (κ3) is 5.73. The van der Waals surface area contributed by atoms with Crippen LogP contribution in [0.2, 0.25) is 0 Å². The van der Waals surface area contributed by atoms with Gasteiger partial charge in [0.25, 0.3) is 5.91 Å². The minimum Gasteiger partial charge on any atom is -0.382 e. The molecule has 2 N–H and O–H groups in total. The Labute approximate surface area is 244 Å². The van der Waals surface area contributed by atoms with Crippen LogP contribution in [0.1, 0.15) is 52.6 Å². The lowest BCUT2D eigenvalue weighted by Crippen LogP contribution is -2.55. The molecule has 6 rings (SSSR count). The zero-order chi connectivity index (χ0) is 29.2. The summed E-state index contributed by atoms with van der Waals surface area (Å²) >= 11 is 0. The van der Waals surface area contributed by atoms with E-state index >= 15 is 4.39 Å². The number of aromatic nitrogens is 2. The van der Waals surface area contributed by atoms with Crippen LogP contribution in [0.5, 0.6) is 0 Å². The first-order valence-electron chi connectivity index (χ1n) is 14.6. The van der Waals surface area contributed by atoms with Gasteiger partial charge in [-0.25, -0.2) is 14.4 Å². The number of benzene rings is 2. The number of amides is 2.